The van der Waals surface area contributed by atoms with Crippen LogP contribution >= 0.6 is 0 Å². The molecule has 1 fully saturated rings. The summed E-state index contributed by atoms with van der Waals surface area (Å²) in [4.78, 5) is 9.04. The molecule has 0 radical (unpaired) electrons. The number of imidazole rings is 2. The molecule has 118 valence electrons. The van der Waals surface area contributed by atoms with E-state index in [1.807, 2.05) is 47.4 Å². The molecule has 1 aromatic carbocycles. The highest BCUT2D eigenvalue weighted by molar-refractivity contribution is 5.51. The lowest BCUT2D eigenvalue weighted by molar-refractivity contribution is 0.187. The predicted octanol–water partition coefficient (Wildman–Crippen LogP) is 2.71. The van der Waals surface area contributed by atoms with Gasteiger partial charge in [0, 0.05) is 37.1 Å². The molecule has 1 unspecified atom stereocenters. The lowest BCUT2D eigenvalue weighted by Crippen LogP contribution is -2.11. The summed E-state index contributed by atoms with van der Waals surface area (Å²) >= 11 is 0. The van der Waals surface area contributed by atoms with Crippen LogP contribution in [0.15, 0.2) is 49.1 Å². The van der Waals surface area contributed by atoms with Crippen molar-refractivity contribution < 1.29 is 9.47 Å². The Morgan fingerprint density at radius 1 is 1.09 bits per heavy atom. The van der Waals surface area contributed by atoms with E-state index >= 15 is 0 Å². The van der Waals surface area contributed by atoms with E-state index in [1.165, 1.54) is 0 Å². The van der Waals surface area contributed by atoms with Gasteiger partial charge in [-0.3, -0.25) is 4.57 Å². The molecule has 0 spiro atoms. The number of ether oxygens (including phenoxy) is 2. The van der Waals surface area contributed by atoms with E-state index in [0.717, 1.165) is 42.7 Å². The highest BCUT2D eigenvalue weighted by atomic mass is 16.5. The van der Waals surface area contributed by atoms with Gasteiger partial charge >= 0.3 is 0 Å². The van der Waals surface area contributed by atoms with Crippen LogP contribution < -0.4 is 4.74 Å². The van der Waals surface area contributed by atoms with Crippen molar-refractivity contribution in [2.45, 2.75) is 12.5 Å². The Kier molecular flexibility index (Phi) is 3.59. The maximum absolute atomic E-state index is 5.50. The first-order chi connectivity index (χ1) is 11.4. The number of benzene rings is 1. The molecular formula is C17H18N4O2. The van der Waals surface area contributed by atoms with Crippen LogP contribution in [0.5, 0.6) is 5.75 Å². The maximum atomic E-state index is 5.50. The van der Waals surface area contributed by atoms with Crippen LogP contribution in [-0.4, -0.2) is 39.4 Å². The molecular weight excluding hydrogens is 292 g/mol. The van der Waals surface area contributed by atoms with Gasteiger partial charge in [0.2, 0.25) is 0 Å². The Morgan fingerprint density at radius 2 is 1.87 bits per heavy atom. The summed E-state index contributed by atoms with van der Waals surface area (Å²) < 4.78 is 14.9. The summed E-state index contributed by atoms with van der Waals surface area (Å²) in [5, 5.41) is 0. The van der Waals surface area contributed by atoms with Crippen molar-refractivity contribution in [1.82, 2.24) is 19.1 Å². The zero-order valence-corrected chi connectivity index (χ0v) is 12.9. The third kappa shape index (κ3) is 2.51. The first-order valence-electron chi connectivity index (χ1n) is 7.65. The summed E-state index contributed by atoms with van der Waals surface area (Å²) in [5.41, 5.74) is 1.02. The summed E-state index contributed by atoms with van der Waals surface area (Å²) in [7, 11) is 1.66. The van der Waals surface area contributed by atoms with Crippen molar-refractivity contribution in [2.24, 2.45) is 0 Å². The monoisotopic (exact) mass is 310 g/mol. The number of nitrogens with zero attached hydrogens (tertiary/aromatic N) is 4. The fourth-order valence-electron chi connectivity index (χ4n) is 2.94. The lowest BCUT2D eigenvalue weighted by atomic mass is 10.2. The summed E-state index contributed by atoms with van der Waals surface area (Å²) in [5.74, 6) is 2.52. The molecule has 6 heteroatoms. The molecule has 1 aliphatic heterocycles. The van der Waals surface area contributed by atoms with Crippen LogP contribution in [0.25, 0.3) is 17.3 Å². The van der Waals surface area contributed by atoms with Gasteiger partial charge < -0.3 is 14.0 Å². The average Bonchev–Trinajstić information content (AvgIpc) is 3.33. The molecule has 1 atom stereocenters. The molecule has 0 saturated carbocycles. The fourth-order valence-corrected chi connectivity index (χ4v) is 2.94. The number of aromatic nitrogens is 4. The van der Waals surface area contributed by atoms with Crippen molar-refractivity contribution >= 4 is 0 Å². The zero-order valence-electron chi connectivity index (χ0n) is 12.9. The van der Waals surface area contributed by atoms with Gasteiger partial charge in [0.15, 0.2) is 11.6 Å². The zero-order chi connectivity index (χ0) is 15.6. The summed E-state index contributed by atoms with van der Waals surface area (Å²) in [6.45, 7) is 1.53. The van der Waals surface area contributed by atoms with Gasteiger partial charge in [0.1, 0.15) is 5.75 Å². The van der Waals surface area contributed by atoms with Crippen molar-refractivity contribution in [3.8, 4) is 23.1 Å². The first-order valence-corrected chi connectivity index (χ1v) is 7.65. The van der Waals surface area contributed by atoms with E-state index in [2.05, 4.69) is 14.5 Å². The number of hydrogen-bond acceptors (Lipinski definition) is 4. The second-order valence-corrected chi connectivity index (χ2v) is 5.49. The largest absolute Gasteiger partial charge is 0.497 e. The highest BCUT2D eigenvalue weighted by Gasteiger charge is 2.22. The quantitative estimate of drug-likeness (QED) is 0.743. The van der Waals surface area contributed by atoms with Gasteiger partial charge in [-0.25, -0.2) is 9.97 Å². The Balaban J connectivity index is 1.73. The molecule has 0 amide bonds. The molecule has 23 heavy (non-hydrogen) atoms. The van der Waals surface area contributed by atoms with E-state index < -0.39 is 0 Å². The minimum Gasteiger partial charge on any atom is -0.497 e. The molecule has 3 aromatic rings. The molecule has 0 aliphatic carbocycles. The van der Waals surface area contributed by atoms with Crippen LogP contribution in [0.3, 0.4) is 0 Å². The fraction of sp³-hybridized carbons (Fsp3) is 0.294. The molecule has 1 saturated heterocycles. The SMILES string of the molecule is COc1ccc(-n2ccnc2-c2nccn2C2CCOC2)cc1. The van der Waals surface area contributed by atoms with Gasteiger partial charge in [-0.2, -0.15) is 0 Å². The average molecular weight is 310 g/mol. The van der Waals surface area contributed by atoms with Gasteiger partial charge in [0.05, 0.1) is 19.8 Å². The van der Waals surface area contributed by atoms with Crippen molar-refractivity contribution in [3.05, 3.63) is 49.1 Å². The van der Waals surface area contributed by atoms with Crippen LogP contribution in [0.2, 0.25) is 0 Å². The number of hydrogen-bond donors (Lipinski definition) is 0. The van der Waals surface area contributed by atoms with Crippen LogP contribution in [0.1, 0.15) is 12.5 Å². The van der Waals surface area contributed by atoms with Gasteiger partial charge in [-0.15, -0.1) is 0 Å². The lowest BCUT2D eigenvalue weighted by Gasteiger charge is -2.14. The highest BCUT2D eigenvalue weighted by Crippen LogP contribution is 2.27. The minimum atomic E-state index is 0.327. The normalized spacial score (nSPS) is 17.5. The van der Waals surface area contributed by atoms with E-state index in [1.54, 1.807) is 13.3 Å². The number of methoxy groups -OCH3 is 1. The summed E-state index contributed by atoms with van der Waals surface area (Å²) in [6, 6.07) is 8.23. The predicted molar refractivity (Wildman–Crippen MR) is 85.8 cm³/mol. The Bertz CT molecular complexity index is 785. The molecule has 0 N–H and O–H groups in total. The van der Waals surface area contributed by atoms with Gasteiger partial charge in [0.25, 0.3) is 0 Å². The molecule has 3 heterocycles. The maximum Gasteiger partial charge on any atom is 0.181 e. The van der Waals surface area contributed by atoms with Crippen molar-refractivity contribution in [1.29, 1.82) is 0 Å². The van der Waals surface area contributed by atoms with E-state index in [4.69, 9.17) is 9.47 Å². The van der Waals surface area contributed by atoms with E-state index in [9.17, 15) is 0 Å². The molecule has 2 aromatic heterocycles. The summed E-state index contributed by atoms with van der Waals surface area (Å²) in [6.07, 6.45) is 8.57. The Labute approximate surface area is 134 Å². The second kappa shape index (κ2) is 5.89. The molecule has 0 bridgehead atoms. The Hall–Kier alpha value is -2.60. The Morgan fingerprint density at radius 3 is 2.61 bits per heavy atom. The van der Waals surface area contributed by atoms with Crippen LogP contribution in [-0.2, 0) is 4.74 Å². The first kappa shape index (κ1) is 14.0. The topological polar surface area (TPSA) is 54.1 Å². The third-order valence-corrected chi connectivity index (χ3v) is 4.16. The molecule has 6 nitrogen and oxygen atoms in total. The van der Waals surface area contributed by atoms with E-state index in [-0.39, 0.29) is 0 Å². The van der Waals surface area contributed by atoms with Crippen molar-refractivity contribution in [2.75, 3.05) is 20.3 Å². The third-order valence-electron chi connectivity index (χ3n) is 4.16. The standard InChI is InChI=1S/C17H18N4O2/c1-22-15-4-2-13(3-5-15)20-9-7-18-16(20)17-19-8-10-21(17)14-6-11-23-12-14/h2-5,7-10,14H,6,11-12H2,1H3. The minimum absolute atomic E-state index is 0.327. The second-order valence-electron chi connectivity index (χ2n) is 5.49. The van der Waals surface area contributed by atoms with Gasteiger partial charge in [-0.05, 0) is 30.7 Å². The van der Waals surface area contributed by atoms with E-state index in [0.29, 0.717) is 6.04 Å². The van der Waals surface area contributed by atoms with Crippen LogP contribution in [0, 0.1) is 0 Å². The smallest absolute Gasteiger partial charge is 0.181 e. The van der Waals surface area contributed by atoms with Crippen LogP contribution in [0.4, 0.5) is 0 Å². The molecule has 4 rings (SSSR count). The molecule has 1 aliphatic rings. The number of rotatable bonds is 4. The van der Waals surface area contributed by atoms with Gasteiger partial charge in [-0.1, -0.05) is 0 Å². The van der Waals surface area contributed by atoms with Crippen molar-refractivity contribution in [3.63, 3.8) is 0 Å².